The van der Waals surface area contributed by atoms with Gasteiger partial charge in [-0.15, -0.1) is 0 Å². The summed E-state index contributed by atoms with van der Waals surface area (Å²) in [5.74, 6) is 0.519. The highest BCUT2D eigenvalue weighted by Crippen LogP contribution is 2.22. The molecule has 0 bridgehead atoms. The number of nitrogens with one attached hydrogen (secondary N) is 1. The van der Waals surface area contributed by atoms with Crippen LogP contribution in [0.4, 0.5) is 10.6 Å². The molecule has 1 rings (SSSR count). The van der Waals surface area contributed by atoms with Gasteiger partial charge in [-0.25, -0.2) is 9.78 Å². The Kier molecular flexibility index (Phi) is 5.05. The third kappa shape index (κ3) is 3.41. The average molecular weight is 291 g/mol. The summed E-state index contributed by atoms with van der Waals surface area (Å²) in [5, 5.41) is 11.5. The molecule has 0 aliphatic carbocycles. The van der Waals surface area contributed by atoms with Crippen molar-refractivity contribution in [2.45, 2.75) is 6.92 Å². The Labute approximate surface area is 114 Å². The zero-order valence-electron chi connectivity index (χ0n) is 9.68. The van der Waals surface area contributed by atoms with Crippen LogP contribution in [0.15, 0.2) is 6.20 Å². The molecule has 1 heterocycles. The molecule has 9 heteroatoms. The van der Waals surface area contributed by atoms with Crippen LogP contribution in [0.1, 0.15) is 6.92 Å². The van der Waals surface area contributed by atoms with E-state index in [-0.39, 0.29) is 22.8 Å². The molecule has 2 N–H and O–H groups in total. The highest BCUT2D eigenvalue weighted by Gasteiger charge is 2.17. The molecule has 7 nitrogen and oxygen atoms in total. The van der Waals surface area contributed by atoms with E-state index in [1.54, 1.807) is 6.92 Å². The van der Waals surface area contributed by atoms with Crippen molar-refractivity contribution in [3.63, 3.8) is 0 Å². The van der Waals surface area contributed by atoms with Gasteiger partial charge in [0.05, 0.1) is 13.3 Å². The summed E-state index contributed by atoms with van der Waals surface area (Å²) >= 11 is 10.6. The maximum Gasteiger partial charge on any atom is 0.413 e. The van der Waals surface area contributed by atoms with E-state index in [2.05, 4.69) is 15.3 Å². The standard InChI is InChI=1S/C9H11ClN4O3S/c1-3-14(9(15)16)8(18)13-6-5(17-2)4-11-7(10)12-6/h4H,3H2,1-2H3,(H,15,16)(H,11,12,13,18). The molecule has 1 amide bonds. The largest absolute Gasteiger partial charge is 0.491 e. The number of anilines is 1. The first kappa shape index (κ1) is 14.4. The van der Waals surface area contributed by atoms with Crippen LogP contribution in [-0.2, 0) is 0 Å². The molecule has 0 aromatic carbocycles. The molecule has 1 aromatic rings. The van der Waals surface area contributed by atoms with Gasteiger partial charge in [0.2, 0.25) is 5.28 Å². The van der Waals surface area contributed by atoms with E-state index in [4.69, 9.17) is 33.7 Å². The van der Waals surface area contributed by atoms with Crippen molar-refractivity contribution >= 4 is 40.8 Å². The number of ether oxygens (including phenoxy) is 1. The number of methoxy groups -OCH3 is 1. The maximum absolute atomic E-state index is 10.9. The number of thiocarbonyl (C=S) groups is 1. The van der Waals surface area contributed by atoms with Gasteiger partial charge in [-0.05, 0) is 30.7 Å². The van der Waals surface area contributed by atoms with Gasteiger partial charge in [0, 0.05) is 6.54 Å². The fourth-order valence-electron chi connectivity index (χ4n) is 1.12. The maximum atomic E-state index is 10.9. The summed E-state index contributed by atoms with van der Waals surface area (Å²) in [6.45, 7) is 1.87. The van der Waals surface area contributed by atoms with Crippen LogP contribution in [0.2, 0.25) is 5.28 Å². The van der Waals surface area contributed by atoms with Crippen LogP contribution < -0.4 is 10.1 Å². The van der Waals surface area contributed by atoms with Crippen LogP contribution in [0, 0.1) is 0 Å². The van der Waals surface area contributed by atoms with Crippen molar-refractivity contribution in [3.05, 3.63) is 11.5 Å². The van der Waals surface area contributed by atoms with E-state index in [1.165, 1.54) is 13.3 Å². The Bertz CT molecular complexity index is 471. The van der Waals surface area contributed by atoms with Crippen molar-refractivity contribution in [3.8, 4) is 5.75 Å². The van der Waals surface area contributed by atoms with E-state index in [1.807, 2.05) is 0 Å². The molecule has 98 valence electrons. The lowest BCUT2D eigenvalue weighted by atomic mass is 10.5. The molecule has 0 spiro atoms. The number of aromatic nitrogens is 2. The second-order valence-electron chi connectivity index (χ2n) is 3.01. The van der Waals surface area contributed by atoms with Crippen molar-refractivity contribution in [2.75, 3.05) is 19.0 Å². The van der Waals surface area contributed by atoms with Crippen molar-refractivity contribution < 1.29 is 14.6 Å². The van der Waals surface area contributed by atoms with Crippen molar-refractivity contribution in [1.29, 1.82) is 0 Å². The molecule has 0 atom stereocenters. The van der Waals surface area contributed by atoms with Crippen LogP contribution >= 0.6 is 23.8 Å². The van der Waals surface area contributed by atoms with Crippen LogP contribution in [0.25, 0.3) is 0 Å². The fourth-order valence-corrected chi connectivity index (χ4v) is 1.56. The van der Waals surface area contributed by atoms with Gasteiger partial charge in [0.25, 0.3) is 0 Å². The zero-order chi connectivity index (χ0) is 13.7. The minimum Gasteiger partial charge on any atom is -0.491 e. The molecule has 0 radical (unpaired) electrons. The number of halogens is 1. The lowest BCUT2D eigenvalue weighted by Crippen LogP contribution is -2.38. The minimum absolute atomic E-state index is 0.000488. The number of hydrogen-bond donors (Lipinski definition) is 2. The van der Waals surface area contributed by atoms with Gasteiger partial charge in [-0.2, -0.15) is 4.98 Å². The van der Waals surface area contributed by atoms with Crippen molar-refractivity contribution in [1.82, 2.24) is 14.9 Å². The number of carbonyl (C=O) groups is 1. The summed E-state index contributed by atoms with van der Waals surface area (Å²) in [6.07, 6.45) is 0.200. The van der Waals surface area contributed by atoms with Crippen LogP contribution in [0.3, 0.4) is 0 Å². The Hall–Kier alpha value is -1.67. The normalized spacial score (nSPS) is 9.72. The number of amides is 1. The van der Waals surface area contributed by atoms with E-state index >= 15 is 0 Å². The zero-order valence-corrected chi connectivity index (χ0v) is 11.2. The Balaban J connectivity index is 2.93. The van der Waals surface area contributed by atoms with Gasteiger partial charge in [-0.1, -0.05) is 0 Å². The summed E-state index contributed by atoms with van der Waals surface area (Å²) in [7, 11) is 1.43. The molecule has 18 heavy (non-hydrogen) atoms. The summed E-state index contributed by atoms with van der Waals surface area (Å²) < 4.78 is 5.00. The predicted octanol–water partition coefficient (Wildman–Crippen LogP) is 1.84. The second-order valence-corrected chi connectivity index (χ2v) is 3.74. The first-order valence-electron chi connectivity index (χ1n) is 4.87. The Morgan fingerprint density at radius 3 is 2.89 bits per heavy atom. The molecule has 0 aliphatic heterocycles. The summed E-state index contributed by atoms with van der Waals surface area (Å²) in [5.41, 5.74) is 0. The topological polar surface area (TPSA) is 87.6 Å². The van der Waals surface area contributed by atoms with Crippen LogP contribution in [0.5, 0.6) is 5.75 Å². The summed E-state index contributed by atoms with van der Waals surface area (Å²) in [6, 6.07) is 0. The van der Waals surface area contributed by atoms with Crippen molar-refractivity contribution in [2.24, 2.45) is 0 Å². The monoisotopic (exact) mass is 290 g/mol. The number of hydrogen-bond acceptors (Lipinski definition) is 5. The smallest absolute Gasteiger partial charge is 0.413 e. The third-order valence-electron chi connectivity index (χ3n) is 1.96. The third-order valence-corrected chi connectivity index (χ3v) is 2.47. The molecule has 0 saturated heterocycles. The quantitative estimate of drug-likeness (QED) is 0.648. The highest BCUT2D eigenvalue weighted by atomic mass is 35.5. The molecule has 0 fully saturated rings. The first-order valence-corrected chi connectivity index (χ1v) is 5.66. The lowest BCUT2D eigenvalue weighted by molar-refractivity contribution is 0.171. The van der Waals surface area contributed by atoms with Gasteiger partial charge < -0.3 is 15.2 Å². The number of nitrogens with zero attached hydrogens (tertiary/aromatic N) is 3. The predicted molar refractivity (Wildman–Crippen MR) is 70.2 cm³/mol. The average Bonchev–Trinajstić information content (AvgIpc) is 2.29. The lowest BCUT2D eigenvalue weighted by Gasteiger charge is -2.19. The highest BCUT2D eigenvalue weighted by molar-refractivity contribution is 7.80. The van der Waals surface area contributed by atoms with E-state index in [9.17, 15) is 4.79 Å². The molecular weight excluding hydrogens is 280 g/mol. The van der Waals surface area contributed by atoms with Gasteiger partial charge in [0.15, 0.2) is 16.7 Å². The first-order chi connectivity index (χ1) is 8.49. The second kappa shape index (κ2) is 6.31. The molecule has 0 saturated carbocycles. The van der Waals surface area contributed by atoms with Gasteiger partial charge >= 0.3 is 6.09 Å². The van der Waals surface area contributed by atoms with E-state index in [0.717, 1.165) is 4.90 Å². The van der Waals surface area contributed by atoms with E-state index in [0.29, 0.717) is 5.75 Å². The Morgan fingerprint density at radius 1 is 1.72 bits per heavy atom. The Morgan fingerprint density at radius 2 is 2.39 bits per heavy atom. The SMILES string of the molecule is CCN(C(=O)O)C(=S)Nc1nc(Cl)ncc1OC. The van der Waals surface area contributed by atoms with Gasteiger partial charge in [-0.3, -0.25) is 4.90 Å². The number of rotatable bonds is 3. The molecule has 1 aromatic heterocycles. The molecular formula is C9H11ClN4O3S. The van der Waals surface area contributed by atoms with E-state index < -0.39 is 6.09 Å². The van der Waals surface area contributed by atoms with Gasteiger partial charge in [0.1, 0.15) is 0 Å². The fraction of sp³-hybridized carbons (Fsp3) is 0.333. The minimum atomic E-state index is -1.16. The summed E-state index contributed by atoms with van der Waals surface area (Å²) in [4.78, 5) is 19.4. The molecule has 0 unspecified atom stereocenters. The number of carboxylic acid groups (broad SMARTS) is 1. The molecule has 0 aliphatic rings. The van der Waals surface area contributed by atoms with Crippen LogP contribution in [-0.4, -0.2) is 44.8 Å².